The fourth-order valence-electron chi connectivity index (χ4n) is 2.79. The highest BCUT2D eigenvalue weighted by Crippen LogP contribution is 2.27. The lowest BCUT2D eigenvalue weighted by molar-refractivity contribution is 0.415. The molecule has 2 heterocycles. The molecule has 4 rings (SSSR count). The molecule has 0 atom stereocenters. The van der Waals surface area contributed by atoms with Crippen molar-refractivity contribution in [3.63, 3.8) is 0 Å². The molecule has 2 aromatic carbocycles. The second-order valence-electron chi connectivity index (χ2n) is 5.79. The Morgan fingerprint density at radius 3 is 2.64 bits per heavy atom. The lowest BCUT2D eigenvalue weighted by atomic mass is 10.2. The summed E-state index contributed by atoms with van der Waals surface area (Å²) in [4.78, 5) is 11.2. The highest BCUT2D eigenvalue weighted by atomic mass is 16.5. The monoisotopic (exact) mass is 333 g/mol. The van der Waals surface area contributed by atoms with Crippen LogP contribution in [0.25, 0.3) is 0 Å². The van der Waals surface area contributed by atoms with Crippen LogP contribution < -0.4 is 20.3 Å². The van der Waals surface area contributed by atoms with Crippen LogP contribution in [0.1, 0.15) is 5.56 Å². The third-order valence-electron chi connectivity index (χ3n) is 4.13. The number of nitrogens with one attached hydrogen (secondary N) is 2. The summed E-state index contributed by atoms with van der Waals surface area (Å²) in [5.74, 6) is 2.32. The van der Waals surface area contributed by atoms with Crippen LogP contribution in [0, 0.1) is 0 Å². The molecule has 25 heavy (non-hydrogen) atoms. The van der Waals surface area contributed by atoms with Crippen molar-refractivity contribution in [1.29, 1.82) is 0 Å². The zero-order valence-corrected chi connectivity index (χ0v) is 13.9. The van der Waals surface area contributed by atoms with Gasteiger partial charge in [0.15, 0.2) is 0 Å². The van der Waals surface area contributed by atoms with Crippen molar-refractivity contribution in [2.24, 2.45) is 0 Å². The molecule has 3 aromatic rings. The predicted molar refractivity (Wildman–Crippen MR) is 99.4 cm³/mol. The van der Waals surface area contributed by atoms with Crippen molar-refractivity contribution >= 4 is 23.1 Å². The highest BCUT2D eigenvalue weighted by molar-refractivity contribution is 5.59. The minimum atomic E-state index is 0.593. The Balaban J connectivity index is 1.50. The van der Waals surface area contributed by atoms with E-state index in [4.69, 9.17) is 4.74 Å². The first kappa shape index (κ1) is 15.3. The normalized spacial score (nSPS) is 12.9. The third kappa shape index (κ3) is 3.33. The van der Waals surface area contributed by atoms with Crippen LogP contribution in [0.2, 0.25) is 0 Å². The summed E-state index contributed by atoms with van der Waals surface area (Å²) < 4.78 is 5.21. The van der Waals surface area contributed by atoms with Gasteiger partial charge in [0.25, 0.3) is 0 Å². The van der Waals surface area contributed by atoms with E-state index in [0.717, 1.165) is 35.1 Å². The SMILES string of the molecule is COc1ccc(N2CNc3nc(Nc4ccccc4)ncc3C2)cc1. The van der Waals surface area contributed by atoms with Crippen LogP contribution in [0.3, 0.4) is 0 Å². The Morgan fingerprint density at radius 1 is 1.08 bits per heavy atom. The Bertz CT molecular complexity index is 851. The molecule has 0 radical (unpaired) electrons. The van der Waals surface area contributed by atoms with Gasteiger partial charge in [0.05, 0.1) is 13.8 Å². The molecule has 0 aliphatic carbocycles. The molecular formula is C19H19N5O. The van der Waals surface area contributed by atoms with Gasteiger partial charge in [0.2, 0.25) is 5.95 Å². The van der Waals surface area contributed by atoms with Gasteiger partial charge in [-0.3, -0.25) is 0 Å². The maximum atomic E-state index is 5.21. The number of hydrogen-bond donors (Lipinski definition) is 2. The highest BCUT2D eigenvalue weighted by Gasteiger charge is 2.18. The number of ether oxygens (including phenoxy) is 1. The number of nitrogens with zero attached hydrogens (tertiary/aromatic N) is 3. The van der Waals surface area contributed by atoms with Gasteiger partial charge in [-0.15, -0.1) is 0 Å². The molecule has 0 unspecified atom stereocenters. The van der Waals surface area contributed by atoms with Gasteiger partial charge in [-0.1, -0.05) is 18.2 Å². The van der Waals surface area contributed by atoms with Crippen LogP contribution in [-0.2, 0) is 6.54 Å². The van der Waals surface area contributed by atoms with E-state index in [2.05, 4.69) is 37.6 Å². The van der Waals surface area contributed by atoms with Gasteiger partial charge in [-0.25, -0.2) is 4.98 Å². The van der Waals surface area contributed by atoms with E-state index in [1.807, 2.05) is 48.7 Å². The van der Waals surface area contributed by atoms with Crippen molar-refractivity contribution in [3.8, 4) is 5.75 Å². The van der Waals surface area contributed by atoms with E-state index >= 15 is 0 Å². The van der Waals surface area contributed by atoms with Gasteiger partial charge in [-0.2, -0.15) is 4.98 Å². The van der Waals surface area contributed by atoms with Crippen molar-refractivity contribution in [3.05, 3.63) is 66.4 Å². The first-order chi connectivity index (χ1) is 12.3. The van der Waals surface area contributed by atoms with Crippen molar-refractivity contribution in [2.45, 2.75) is 6.54 Å². The number of fused-ring (bicyclic) bond motifs is 1. The lowest BCUT2D eigenvalue weighted by Crippen LogP contribution is -2.34. The molecule has 6 nitrogen and oxygen atoms in total. The van der Waals surface area contributed by atoms with E-state index in [-0.39, 0.29) is 0 Å². The van der Waals surface area contributed by atoms with Crippen LogP contribution in [0.5, 0.6) is 5.75 Å². The summed E-state index contributed by atoms with van der Waals surface area (Å²) in [6.45, 7) is 1.46. The van der Waals surface area contributed by atoms with Gasteiger partial charge in [0, 0.05) is 29.7 Å². The van der Waals surface area contributed by atoms with Crippen LogP contribution >= 0.6 is 0 Å². The minimum absolute atomic E-state index is 0.593. The quantitative estimate of drug-likeness (QED) is 0.760. The standard InChI is InChI=1S/C19H19N5O/c1-25-17-9-7-16(8-10-17)24-12-14-11-20-19(23-18(14)21-13-24)22-15-5-3-2-4-6-15/h2-11H,12-13H2,1H3,(H2,20,21,22,23). The summed E-state index contributed by atoms with van der Waals surface area (Å²) >= 11 is 0. The van der Waals surface area contributed by atoms with E-state index in [1.54, 1.807) is 7.11 Å². The van der Waals surface area contributed by atoms with Gasteiger partial charge >= 0.3 is 0 Å². The molecule has 0 saturated carbocycles. The Labute approximate surface area is 146 Å². The maximum Gasteiger partial charge on any atom is 0.229 e. The molecule has 0 bridgehead atoms. The average Bonchev–Trinajstić information content (AvgIpc) is 2.68. The van der Waals surface area contributed by atoms with E-state index in [9.17, 15) is 0 Å². The molecule has 2 N–H and O–H groups in total. The molecule has 1 aromatic heterocycles. The first-order valence-electron chi connectivity index (χ1n) is 8.13. The molecule has 1 aliphatic heterocycles. The summed E-state index contributed by atoms with van der Waals surface area (Å²) in [5.41, 5.74) is 3.17. The number of aromatic nitrogens is 2. The Hall–Kier alpha value is -3.28. The van der Waals surface area contributed by atoms with Crippen LogP contribution in [0.4, 0.5) is 23.1 Å². The van der Waals surface area contributed by atoms with Crippen molar-refractivity contribution in [1.82, 2.24) is 9.97 Å². The smallest absolute Gasteiger partial charge is 0.229 e. The van der Waals surface area contributed by atoms with Gasteiger partial charge in [-0.05, 0) is 36.4 Å². The third-order valence-corrected chi connectivity index (χ3v) is 4.13. The molecule has 0 spiro atoms. The van der Waals surface area contributed by atoms with Gasteiger partial charge < -0.3 is 20.3 Å². The minimum Gasteiger partial charge on any atom is -0.497 e. The molecule has 6 heteroatoms. The predicted octanol–water partition coefficient (Wildman–Crippen LogP) is 3.62. The number of benzene rings is 2. The zero-order chi connectivity index (χ0) is 17.1. The summed E-state index contributed by atoms with van der Waals surface area (Å²) in [5, 5.41) is 6.59. The van der Waals surface area contributed by atoms with Crippen molar-refractivity contribution < 1.29 is 4.74 Å². The number of methoxy groups -OCH3 is 1. The molecule has 1 aliphatic rings. The Morgan fingerprint density at radius 2 is 1.88 bits per heavy atom. The fraction of sp³-hybridized carbons (Fsp3) is 0.158. The van der Waals surface area contributed by atoms with E-state index in [0.29, 0.717) is 12.6 Å². The van der Waals surface area contributed by atoms with E-state index < -0.39 is 0 Å². The summed E-state index contributed by atoms with van der Waals surface area (Å²) in [7, 11) is 1.67. The lowest BCUT2D eigenvalue weighted by Gasteiger charge is -2.31. The molecule has 0 fully saturated rings. The number of hydrogen-bond acceptors (Lipinski definition) is 6. The molecule has 126 valence electrons. The van der Waals surface area contributed by atoms with Crippen LogP contribution in [0.15, 0.2) is 60.8 Å². The Kier molecular flexibility index (Phi) is 4.08. The average molecular weight is 333 g/mol. The summed E-state index contributed by atoms with van der Waals surface area (Å²) in [6, 6.07) is 18.0. The maximum absolute atomic E-state index is 5.21. The second kappa shape index (κ2) is 6.68. The fourth-order valence-corrected chi connectivity index (χ4v) is 2.79. The van der Waals surface area contributed by atoms with Gasteiger partial charge in [0.1, 0.15) is 11.6 Å². The number of rotatable bonds is 4. The zero-order valence-electron chi connectivity index (χ0n) is 13.9. The number of anilines is 4. The summed E-state index contributed by atoms with van der Waals surface area (Å²) in [6.07, 6.45) is 1.87. The van der Waals surface area contributed by atoms with E-state index in [1.165, 1.54) is 0 Å². The number of para-hydroxylation sites is 1. The molecule has 0 saturated heterocycles. The topological polar surface area (TPSA) is 62.3 Å². The largest absolute Gasteiger partial charge is 0.497 e. The molecule has 0 amide bonds. The molecular weight excluding hydrogens is 314 g/mol. The second-order valence-corrected chi connectivity index (χ2v) is 5.79. The van der Waals surface area contributed by atoms with Crippen molar-refractivity contribution in [2.75, 3.05) is 29.3 Å². The first-order valence-corrected chi connectivity index (χ1v) is 8.13. The van der Waals surface area contributed by atoms with Crippen LogP contribution in [-0.4, -0.2) is 23.7 Å².